The molecule has 0 bridgehead atoms. The number of hydrogen-bond acceptors (Lipinski definition) is 4. The number of hydrogen-bond donors (Lipinski definition) is 1. The van der Waals surface area contributed by atoms with Gasteiger partial charge in [-0.3, -0.25) is 10.1 Å². The van der Waals surface area contributed by atoms with E-state index in [2.05, 4.69) is 0 Å². The Morgan fingerprint density at radius 1 is 1.53 bits per heavy atom. The Hall–Kier alpha value is -1.62. The summed E-state index contributed by atoms with van der Waals surface area (Å²) < 4.78 is 5.04. The van der Waals surface area contributed by atoms with Crippen molar-refractivity contribution in [3.63, 3.8) is 0 Å². The van der Waals surface area contributed by atoms with Crippen LogP contribution in [0.15, 0.2) is 18.2 Å². The summed E-state index contributed by atoms with van der Waals surface area (Å²) in [6.07, 6.45) is 2.77. The van der Waals surface area contributed by atoms with Crippen LogP contribution in [-0.2, 0) is 6.42 Å². The van der Waals surface area contributed by atoms with Crippen LogP contribution in [0.4, 0.5) is 5.69 Å². The molecule has 5 nitrogen and oxygen atoms in total. The molecule has 0 heterocycles. The van der Waals surface area contributed by atoms with Crippen molar-refractivity contribution in [2.24, 2.45) is 11.1 Å². The maximum absolute atomic E-state index is 11.1. The van der Waals surface area contributed by atoms with Gasteiger partial charge in [-0.2, -0.15) is 0 Å². The summed E-state index contributed by atoms with van der Waals surface area (Å²) >= 11 is 0. The van der Waals surface area contributed by atoms with E-state index in [1.54, 1.807) is 18.2 Å². The molecule has 0 saturated heterocycles. The summed E-state index contributed by atoms with van der Waals surface area (Å²) in [5, 5.41) is 11.1. The third-order valence-corrected chi connectivity index (χ3v) is 3.44. The number of para-hydroxylation sites is 1. The van der Waals surface area contributed by atoms with Crippen molar-refractivity contribution in [1.29, 1.82) is 0 Å². The minimum atomic E-state index is -0.374. The van der Waals surface area contributed by atoms with E-state index in [-0.39, 0.29) is 16.0 Å². The van der Waals surface area contributed by atoms with Gasteiger partial charge in [0.05, 0.1) is 12.0 Å². The van der Waals surface area contributed by atoms with Crippen LogP contribution in [0.3, 0.4) is 0 Å². The van der Waals surface area contributed by atoms with Crippen LogP contribution in [0.1, 0.15) is 18.4 Å². The molecule has 0 unspecified atom stereocenters. The fourth-order valence-corrected chi connectivity index (χ4v) is 2.12. The van der Waals surface area contributed by atoms with Gasteiger partial charge in [-0.25, -0.2) is 0 Å². The van der Waals surface area contributed by atoms with Crippen LogP contribution in [0.5, 0.6) is 5.75 Å². The Morgan fingerprint density at radius 2 is 2.24 bits per heavy atom. The predicted molar refractivity (Wildman–Crippen MR) is 64.1 cm³/mol. The molecule has 2 rings (SSSR count). The van der Waals surface area contributed by atoms with Crippen LogP contribution in [0, 0.1) is 15.5 Å². The predicted octanol–water partition coefficient (Wildman–Crippen LogP) is 1.88. The highest BCUT2D eigenvalue weighted by molar-refractivity contribution is 5.53. The SMILES string of the molecule is COc1cccc(CC2(CN)CC2)c1[N+](=O)[O-]. The number of methoxy groups -OCH3 is 1. The van der Waals surface area contributed by atoms with E-state index >= 15 is 0 Å². The average molecular weight is 236 g/mol. The first kappa shape index (κ1) is 11.9. The summed E-state index contributed by atoms with van der Waals surface area (Å²) in [5.74, 6) is 0.320. The topological polar surface area (TPSA) is 78.4 Å². The molecule has 0 radical (unpaired) electrons. The summed E-state index contributed by atoms with van der Waals surface area (Å²) in [6.45, 7) is 0.585. The highest BCUT2D eigenvalue weighted by Crippen LogP contribution is 2.49. The first-order valence-corrected chi connectivity index (χ1v) is 5.62. The fraction of sp³-hybridized carbons (Fsp3) is 0.500. The van der Waals surface area contributed by atoms with Gasteiger partial charge in [-0.05, 0) is 37.3 Å². The quantitative estimate of drug-likeness (QED) is 0.625. The third kappa shape index (κ3) is 2.24. The van der Waals surface area contributed by atoms with Crippen LogP contribution in [0.2, 0.25) is 0 Å². The lowest BCUT2D eigenvalue weighted by Gasteiger charge is -2.13. The Bertz CT molecular complexity index is 441. The normalized spacial score (nSPS) is 16.6. The molecule has 0 spiro atoms. The molecule has 1 fully saturated rings. The second-order valence-corrected chi connectivity index (χ2v) is 4.61. The van der Waals surface area contributed by atoms with Gasteiger partial charge in [0, 0.05) is 5.56 Å². The maximum Gasteiger partial charge on any atom is 0.314 e. The largest absolute Gasteiger partial charge is 0.490 e. The van der Waals surface area contributed by atoms with Gasteiger partial charge >= 0.3 is 5.69 Å². The van der Waals surface area contributed by atoms with Crippen LogP contribution in [-0.4, -0.2) is 18.6 Å². The van der Waals surface area contributed by atoms with Gasteiger partial charge in [0.1, 0.15) is 0 Å². The van der Waals surface area contributed by atoms with Crippen molar-refractivity contribution in [2.75, 3.05) is 13.7 Å². The number of nitrogens with two attached hydrogens (primary N) is 1. The second kappa shape index (κ2) is 4.33. The molecule has 92 valence electrons. The Labute approximate surface area is 99.7 Å². The lowest BCUT2D eigenvalue weighted by Crippen LogP contribution is -2.18. The smallest absolute Gasteiger partial charge is 0.314 e. The third-order valence-electron chi connectivity index (χ3n) is 3.44. The molecule has 17 heavy (non-hydrogen) atoms. The number of nitro groups is 1. The first-order chi connectivity index (χ1) is 8.12. The monoisotopic (exact) mass is 236 g/mol. The molecular formula is C12H16N2O3. The van der Waals surface area contributed by atoms with E-state index in [4.69, 9.17) is 10.5 Å². The van der Waals surface area contributed by atoms with Gasteiger partial charge in [0.15, 0.2) is 5.75 Å². The molecule has 5 heteroatoms. The van der Waals surface area contributed by atoms with Gasteiger partial charge in [-0.15, -0.1) is 0 Å². The lowest BCUT2D eigenvalue weighted by atomic mass is 9.95. The Kier molecular flexibility index (Phi) is 3.02. The summed E-state index contributed by atoms with van der Waals surface area (Å²) in [7, 11) is 1.45. The van der Waals surface area contributed by atoms with Crippen molar-refractivity contribution in [3.8, 4) is 5.75 Å². The molecule has 0 aromatic heterocycles. The van der Waals surface area contributed by atoms with Gasteiger partial charge in [-0.1, -0.05) is 12.1 Å². The van der Waals surface area contributed by atoms with Gasteiger partial charge in [0.25, 0.3) is 0 Å². The highest BCUT2D eigenvalue weighted by Gasteiger charge is 2.42. The first-order valence-electron chi connectivity index (χ1n) is 5.62. The maximum atomic E-state index is 11.1. The van der Waals surface area contributed by atoms with Crippen molar-refractivity contribution in [1.82, 2.24) is 0 Å². The van der Waals surface area contributed by atoms with Crippen molar-refractivity contribution in [3.05, 3.63) is 33.9 Å². The van der Waals surface area contributed by atoms with Crippen molar-refractivity contribution < 1.29 is 9.66 Å². The van der Waals surface area contributed by atoms with E-state index in [1.165, 1.54) is 7.11 Å². The molecule has 1 aliphatic rings. The molecule has 1 saturated carbocycles. The van der Waals surface area contributed by atoms with Crippen molar-refractivity contribution >= 4 is 5.69 Å². The molecule has 2 N–H and O–H groups in total. The zero-order chi connectivity index (χ0) is 12.5. The molecule has 0 atom stereocenters. The van der Waals surface area contributed by atoms with E-state index in [0.29, 0.717) is 18.7 Å². The van der Waals surface area contributed by atoms with E-state index < -0.39 is 0 Å². The number of benzene rings is 1. The molecule has 0 aliphatic heterocycles. The van der Waals surface area contributed by atoms with E-state index in [1.807, 2.05) is 0 Å². The molecule has 0 amide bonds. The standard InChI is InChI=1S/C12H16N2O3/c1-17-10-4-2-3-9(11(10)14(15)16)7-12(8-13)5-6-12/h2-4H,5-8,13H2,1H3. The highest BCUT2D eigenvalue weighted by atomic mass is 16.6. The number of rotatable bonds is 5. The van der Waals surface area contributed by atoms with E-state index in [0.717, 1.165) is 18.4 Å². The Balaban J connectivity index is 2.36. The molecular weight excluding hydrogens is 220 g/mol. The van der Waals surface area contributed by atoms with Crippen LogP contribution in [0.25, 0.3) is 0 Å². The fourth-order valence-electron chi connectivity index (χ4n) is 2.12. The molecule has 1 aromatic carbocycles. The van der Waals surface area contributed by atoms with Crippen LogP contribution < -0.4 is 10.5 Å². The molecule has 1 aromatic rings. The minimum Gasteiger partial charge on any atom is -0.490 e. The Morgan fingerprint density at radius 3 is 2.71 bits per heavy atom. The minimum absolute atomic E-state index is 0.0784. The van der Waals surface area contributed by atoms with Crippen LogP contribution >= 0.6 is 0 Å². The average Bonchev–Trinajstić information content (AvgIpc) is 3.08. The summed E-state index contributed by atoms with van der Waals surface area (Å²) in [4.78, 5) is 10.7. The van der Waals surface area contributed by atoms with E-state index in [9.17, 15) is 10.1 Å². The number of ether oxygens (including phenoxy) is 1. The van der Waals surface area contributed by atoms with Gasteiger partial charge in [0.2, 0.25) is 0 Å². The summed E-state index contributed by atoms with van der Waals surface area (Å²) in [6, 6.07) is 5.19. The van der Waals surface area contributed by atoms with Gasteiger partial charge < -0.3 is 10.5 Å². The second-order valence-electron chi connectivity index (χ2n) is 4.61. The molecule has 1 aliphatic carbocycles. The van der Waals surface area contributed by atoms with Crippen molar-refractivity contribution in [2.45, 2.75) is 19.3 Å². The summed E-state index contributed by atoms with van der Waals surface area (Å²) in [5.41, 5.74) is 6.59. The lowest BCUT2D eigenvalue weighted by molar-refractivity contribution is -0.386. The zero-order valence-electron chi connectivity index (χ0n) is 9.81. The zero-order valence-corrected chi connectivity index (χ0v) is 9.81. The number of nitro benzene ring substituents is 1. The number of nitrogens with zero attached hydrogens (tertiary/aromatic N) is 1.